The lowest BCUT2D eigenvalue weighted by atomic mass is 9.72. The first-order valence-corrected chi connectivity index (χ1v) is 10.2. The Hall–Kier alpha value is -1.59. The smallest absolute Gasteiger partial charge is 0.222 e. The third-order valence-electron chi connectivity index (χ3n) is 6.31. The molecule has 1 spiro atoms. The highest BCUT2D eigenvalue weighted by Crippen LogP contribution is 2.40. The average Bonchev–Trinajstić information content (AvgIpc) is 2.67. The number of carbonyl (C=O) groups is 1. The van der Waals surface area contributed by atoms with E-state index in [1.165, 1.54) is 24.0 Å². The van der Waals surface area contributed by atoms with E-state index >= 15 is 0 Å². The van der Waals surface area contributed by atoms with Crippen LogP contribution in [0, 0.1) is 12.3 Å². The monoisotopic (exact) mass is 374 g/mol. The minimum Gasteiger partial charge on any atom is -0.496 e. The molecule has 0 radical (unpaired) electrons. The standard InChI is InChI=1S/C22H34N2O3/c1-18-15-19(5-6-20(18)27-3)16-23-12-9-22(10-13-23)8-7-21(25)24(17-22)11-4-14-26-2/h5-6,15H,4,7-14,16-17H2,1-3H3. The highest BCUT2D eigenvalue weighted by molar-refractivity contribution is 5.77. The summed E-state index contributed by atoms with van der Waals surface area (Å²) in [7, 11) is 3.44. The second-order valence-electron chi connectivity index (χ2n) is 8.24. The maximum Gasteiger partial charge on any atom is 0.222 e. The SMILES string of the molecule is COCCCN1CC2(CCC1=O)CCN(Cc1ccc(OC)c(C)c1)CC2. The van der Waals surface area contributed by atoms with Crippen LogP contribution in [0.5, 0.6) is 5.75 Å². The van der Waals surface area contributed by atoms with Gasteiger partial charge in [-0.15, -0.1) is 0 Å². The highest BCUT2D eigenvalue weighted by atomic mass is 16.5. The molecule has 2 saturated heterocycles. The fraction of sp³-hybridized carbons (Fsp3) is 0.682. The molecule has 0 saturated carbocycles. The van der Waals surface area contributed by atoms with Gasteiger partial charge in [0.1, 0.15) is 5.75 Å². The summed E-state index contributed by atoms with van der Waals surface area (Å²) in [4.78, 5) is 16.9. The molecule has 0 aliphatic carbocycles. The fourth-order valence-electron chi connectivity index (χ4n) is 4.60. The van der Waals surface area contributed by atoms with Crippen molar-refractivity contribution in [3.63, 3.8) is 0 Å². The molecule has 0 N–H and O–H groups in total. The lowest BCUT2D eigenvalue weighted by molar-refractivity contribution is -0.139. The number of methoxy groups -OCH3 is 2. The summed E-state index contributed by atoms with van der Waals surface area (Å²) >= 11 is 0. The summed E-state index contributed by atoms with van der Waals surface area (Å²) in [5.41, 5.74) is 2.87. The number of aryl methyl sites for hydroxylation is 1. The Kier molecular flexibility index (Phi) is 6.77. The Morgan fingerprint density at radius 3 is 2.59 bits per heavy atom. The van der Waals surface area contributed by atoms with E-state index < -0.39 is 0 Å². The molecule has 2 aliphatic heterocycles. The van der Waals surface area contributed by atoms with Crippen molar-refractivity contribution < 1.29 is 14.3 Å². The molecule has 5 nitrogen and oxygen atoms in total. The molecule has 0 aromatic heterocycles. The van der Waals surface area contributed by atoms with Crippen LogP contribution in [-0.4, -0.2) is 62.7 Å². The number of hydrogen-bond acceptors (Lipinski definition) is 4. The van der Waals surface area contributed by atoms with Crippen molar-refractivity contribution >= 4 is 5.91 Å². The van der Waals surface area contributed by atoms with Crippen molar-refractivity contribution in [1.29, 1.82) is 0 Å². The first-order valence-electron chi connectivity index (χ1n) is 10.2. The van der Waals surface area contributed by atoms with E-state index in [1.54, 1.807) is 14.2 Å². The topological polar surface area (TPSA) is 42.0 Å². The zero-order valence-corrected chi connectivity index (χ0v) is 17.1. The zero-order chi connectivity index (χ0) is 19.3. The summed E-state index contributed by atoms with van der Waals surface area (Å²) in [5.74, 6) is 1.28. The molecule has 1 aromatic carbocycles. The van der Waals surface area contributed by atoms with E-state index in [9.17, 15) is 4.79 Å². The number of ether oxygens (including phenoxy) is 2. The van der Waals surface area contributed by atoms with Gasteiger partial charge >= 0.3 is 0 Å². The predicted octanol–water partition coefficient (Wildman–Crippen LogP) is 3.24. The molecule has 1 amide bonds. The molecule has 0 bridgehead atoms. The third-order valence-corrected chi connectivity index (χ3v) is 6.31. The summed E-state index contributed by atoms with van der Waals surface area (Å²) in [6.45, 7) is 7.83. The van der Waals surface area contributed by atoms with Crippen LogP contribution in [0.1, 0.15) is 43.2 Å². The van der Waals surface area contributed by atoms with Gasteiger partial charge in [-0.1, -0.05) is 12.1 Å². The molecule has 1 aromatic rings. The largest absolute Gasteiger partial charge is 0.496 e. The van der Waals surface area contributed by atoms with E-state index in [4.69, 9.17) is 9.47 Å². The van der Waals surface area contributed by atoms with Crippen molar-refractivity contribution in [2.75, 3.05) is 47.0 Å². The Morgan fingerprint density at radius 2 is 1.93 bits per heavy atom. The molecule has 3 rings (SSSR count). The van der Waals surface area contributed by atoms with E-state index in [-0.39, 0.29) is 0 Å². The second kappa shape index (κ2) is 9.07. The summed E-state index contributed by atoms with van der Waals surface area (Å²) in [6.07, 6.45) is 5.08. The van der Waals surface area contributed by atoms with Crippen molar-refractivity contribution in [3.8, 4) is 5.75 Å². The van der Waals surface area contributed by atoms with E-state index in [0.29, 0.717) is 17.7 Å². The molecule has 0 unspecified atom stereocenters. The van der Waals surface area contributed by atoms with Crippen molar-refractivity contribution in [3.05, 3.63) is 29.3 Å². The Morgan fingerprint density at radius 1 is 1.15 bits per heavy atom. The van der Waals surface area contributed by atoms with Crippen molar-refractivity contribution in [2.24, 2.45) is 5.41 Å². The minimum absolute atomic E-state index is 0.327. The zero-order valence-electron chi connectivity index (χ0n) is 17.1. The van der Waals surface area contributed by atoms with Crippen LogP contribution in [0.25, 0.3) is 0 Å². The Bertz CT molecular complexity index is 638. The molecule has 27 heavy (non-hydrogen) atoms. The quantitative estimate of drug-likeness (QED) is 0.687. The van der Waals surface area contributed by atoms with Crippen molar-refractivity contribution in [2.45, 2.75) is 45.6 Å². The van der Waals surface area contributed by atoms with Gasteiger partial charge in [0.25, 0.3) is 0 Å². The molecule has 2 aliphatic rings. The molecule has 0 atom stereocenters. The molecule has 2 fully saturated rings. The minimum atomic E-state index is 0.327. The average molecular weight is 375 g/mol. The second-order valence-corrected chi connectivity index (χ2v) is 8.24. The Labute approximate surface area is 163 Å². The predicted molar refractivity (Wildman–Crippen MR) is 107 cm³/mol. The lowest BCUT2D eigenvalue weighted by Gasteiger charge is -2.47. The maximum atomic E-state index is 12.3. The normalized spacial score (nSPS) is 20.3. The third kappa shape index (κ3) is 5.02. The van der Waals surface area contributed by atoms with Crippen LogP contribution >= 0.6 is 0 Å². The first-order chi connectivity index (χ1) is 13.0. The molecule has 150 valence electrons. The van der Waals surface area contributed by atoms with E-state index in [0.717, 1.165) is 57.9 Å². The maximum absolute atomic E-state index is 12.3. The lowest BCUT2D eigenvalue weighted by Crippen LogP contribution is -2.51. The first kappa shape index (κ1) is 20.2. The van der Waals surface area contributed by atoms with Gasteiger partial charge < -0.3 is 14.4 Å². The summed E-state index contributed by atoms with van der Waals surface area (Å²) in [6, 6.07) is 6.48. The van der Waals surface area contributed by atoms with Gasteiger partial charge in [0.05, 0.1) is 7.11 Å². The van der Waals surface area contributed by atoms with E-state index in [1.807, 2.05) is 0 Å². The van der Waals surface area contributed by atoms with Crippen LogP contribution < -0.4 is 4.74 Å². The van der Waals surface area contributed by atoms with Crippen LogP contribution in [0.2, 0.25) is 0 Å². The number of rotatable bonds is 7. The number of nitrogens with zero attached hydrogens (tertiary/aromatic N) is 2. The van der Waals surface area contributed by atoms with Gasteiger partial charge in [-0.05, 0) is 68.3 Å². The number of hydrogen-bond donors (Lipinski definition) is 0. The fourth-order valence-corrected chi connectivity index (χ4v) is 4.60. The van der Waals surface area contributed by atoms with Gasteiger partial charge in [-0.25, -0.2) is 0 Å². The number of likely N-dealkylation sites (tertiary alicyclic amines) is 2. The number of benzene rings is 1. The van der Waals surface area contributed by atoms with Crippen LogP contribution in [0.15, 0.2) is 18.2 Å². The van der Waals surface area contributed by atoms with Crippen LogP contribution in [-0.2, 0) is 16.1 Å². The molecular formula is C22H34N2O3. The summed E-state index contributed by atoms with van der Waals surface area (Å²) in [5, 5.41) is 0. The van der Waals surface area contributed by atoms with Gasteiger partial charge in [-0.3, -0.25) is 9.69 Å². The van der Waals surface area contributed by atoms with Crippen LogP contribution in [0.4, 0.5) is 0 Å². The van der Waals surface area contributed by atoms with E-state index in [2.05, 4.69) is 34.9 Å². The Balaban J connectivity index is 1.53. The number of piperidine rings is 2. The number of amides is 1. The van der Waals surface area contributed by atoms with Gasteiger partial charge in [0.15, 0.2) is 0 Å². The number of carbonyl (C=O) groups excluding carboxylic acids is 1. The van der Waals surface area contributed by atoms with Gasteiger partial charge in [-0.2, -0.15) is 0 Å². The van der Waals surface area contributed by atoms with Gasteiger partial charge in [0, 0.05) is 39.8 Å². The van der Waals surface area contributed by atoms with Gasteiger partial charge in [0.2, 0.25) is 5.91 Å². The summed E-state index contributed by atoms with van der Waals surface area (Å²) < 4.78 is 10.5. The highest BCUT2D eigenvalue weighted by Gasteiger charge is 2.40. The molecular weight excluding hydrogens is 340 g/mol. The van der Waals surface area contributed by atoms with Crippen molar-refractivity contribution in [1.82, 2.24) is 9.80 Å². The van der Waals surface area contributed by atoms with Crippen LogP contribution in [0.3, 0.4) is 0 Å². The molecule has 5 heteroatoms. The molecule has 2 heterocycles.